The highest BCUT2D eigenvalue weighted by Crippen LogP contribution is 2.19. The highest BCUT2D eigenvalue weighted by molar-refractivity contribution is 5.26. The molecule has 0 heterocycles. The lowest BCUT2D eigenvalue weighted by Gasteiger charge is -2.19. The van der Waals surface area contributed by atoms with E-state index in [0.717, 1.165) is 16.7 Å². The summed E-state index contributed by atoms with van der Waals surface area (Å²) in [5, 5.41) is 10.2. The number of benzene rings is 2. The van der Waals surface area contributed by atoms with E-state index in [1.807, 2.05) is 61.5 Å². The van der Waals surface area contributed by atoms with Gasteiger partial charge in [-0.05, 0) is 24.5 Å². The second kappa shape index (κ2) is 5.80. The Kier molecular flexibility index (Phi) is 4.13. The molecule has 2 aromatic rings. The van der Waals surface area contributed by atoms with Crippen molar-refractivity contribution in [2.24, 2.45) is 5.73 Å². The Balaban J connectivity index is 2.07. The molecule has 2 atom stereocenters. The van der Waals surface area contributed by atoms with Crippen LogP contribution in [0.1, 0.15) is 22.8 Å². The lowest BCUT2D eigenvalue weighted by atomic mass is 9.96. The second-order valence-corrected chi connectivity index (χ2v) is 4.71. The zero-order chi connectivity index (χ0) is 13.0. The molecule has 0 spiro atoms. The third-order valence-electron chi connectivity index (χ3n) is 3.10. The van der Waals surface area contributed by atoms with E-state index in [0.29, 0.717) is 6.42 Å². The van der Waals surface area contributed by atoms with Crippen LogP contribution in [0.2, 0.25) is 0 Å². The predicted octanol–water partition coefficient (Wildman–Crippen LogP) is 2.60. The van der Waals surface area contributed by atoms with E-state index in [2.05, 4.69) is 0 Å². The lowest BCUT2D eigenvalue weighted by molar-refractivity contribution is 0.146. The Morgan fingerprint density at radius 2 is 1.78 bits per heavy atom. The van der Waals surface area contributed by atoms with E-state index in [-0.39, 0.29) is 6.04 Å². The highest BCUT2D eigenvalue weighted by Gasteiger charge is 2.17. The zero-order valence-corrected chi connectivity index (χ0v) is 10.6. The molecule has 2 heteroatoms. The van der Waals surface area contributed by atoms with Crippen molar-refractivity contribution in [1.29, 1.82) is 0 Å². The third kappa shape index (κ3) is 3.19. The van der Waals surface area contributed by atoms with Gasteiger partial charge in [-0.1, -0.05) is 60.2 Å². The van der Waals surface area contributed by atoms with Crippen molar-refractivity contribution in [3.63, 3.8) is 0 Å². The molecule has 0 aromatic heterocycles. The molecule has 0 saturated heterocycles. The van der Waals surface area contributed by atoms with Gasteiger partial charge in [0.25, 0.3) is 0 Å². The Hall–Kier alpha value is -1.64. The van der Waals surface area contributed by atoms with Crippen LogP contribution in [-0.2, 0) is 6.42 Å². The van der Waals surface area contributed by atoms with Gasteiger partial charge in [0, 0.05) is 6.04 Å². The summed E-state index contributed by atoms with van der Waals surface area (Å²) in [5.41, 5.74) is 9.26. The molecule has 2 aromatic carbocycles. The van der Waals surface area contributed by atoms with Crippen molar-refractivity contribution < 1.29 is 5.11 Å². The maximum atomic E-state index is 10.2. The van der Waals surface area contributed by atoms with Gasteiger partial charge in [0.15, 0.2) is 0 Å². The van der Waals surface area contributed by atoms with Crippen molar-refractivity contribution in [3.05, 3.63) is 71.3 Å². The van der Waals surface area contributed by atoms with Gasteiger partial charge >= 0.3 is 0 Å². The van der Waals surface area contributed by atoms with E-state index in [1.165, 1.54) is 0 Å². The quantitative estimate of drug-likeness (QED) is 0.864. The normalized spacial score (nSPS) is 14.2. The highest BCUT2D eigenvalue weighted by atomic mass is 16.3. The molecule has 3 N–H and O–H groups in total. The molecular formula is C16H19NO. The predicted molar refractivity (Wildman–Crippen MR) is 74.3 cm³/mol. The number of nitrogens with two attached hydrogens (primary N) is 1. The first-order valence-electron chi connectivity index (χ1n) is 6.21. The first-order valence-corrected chi connectivity index (χ1v) is 6.21. The fourth-order valence-corrected chi connectivity index (χ4v) is 2.10. The Morgan fingerprint density at radius 1 is 1.06 bits per heavy atom. The van der Waals surface area contributed by atoms with Crippen molar-refractivity contribution in [2.75, 3.05) is 0 Å². The molecule has 0 aliphatic rings. The Bertz CT molecular complexity index is 495. The summed E-state index contributed by atoms with van der Waals surface area (Å²) in [7, 11) is 0. The summed E-state index contributed by atoms with van der Waals surface area (Å²) in [6.07, 6.45) is 0.0563. The summed E-state index contributed by atoms with van der Waals surface area (Å²) in [5.74, 6) is 0. The van der Waals surface area contributed by atoms with Crippen LogP contribution in [0.15, 0.2) is 54.6 Å². The molecule has 0 bridgehead atoms. The SMILES string of the molecule is Cc1cccc(C(O)C(N)Cc2ccccc2)c1. The van der Waals surface area contributed by atoms with Crippen molar-refractivity contribution in [1.82, 2.24) is 0 Å². The molecule has 0 radical (unpaired) electrons. The topological polar surface area (TPSA) is 46.2 Å². The maximum absolute atomic E-state index is 10.2. The number of aliphatic hydroxyl groups excluding tert-OH is 1. The van der Waals surface area contributed by atoms with Crippen LogP contribution < -0.4 is 5.73 Å². The van der Waals surface area contributed by atoms with Crippen LogP contribution in [0, 0.1) is 6.92 Å². The number of rotatable bonds is 4. The van der Waals surface area contributed by atoms with E-state index in [9.17, 15) is 5.11 Å². The fourth-order valence-electron chi connectivity index (χ4n) is 2.10. The third-order valence-corrected chi connectivity index (χ3v) is 3.10. The fraction of sp³-hybridized carbons (Fsp3) is 0.250. The van der Waals surface area contributed by atoms with Crippen LogP contribution in [0.5, 0.6) is 0 Å². The zero-order valence-electron chi connectivity index (χ0n) is 10.6. The molecule has 94 valence electrons. The first-order chi connectivity index (χ1) is 8.66. The minimum absolute atomic E-state index is 0.283. The molecule has 2 rings (SSSR count). The summed E-state index contributed by atoms with van der Waals surface area (Å²) in [4.78, 5) is 0. The van der Waals surface area contributed by atoms with Gasteiger partial charge < -0.3 is 10.8 Å². The first kappa shape index (κ1) is 12.8. The van der Waals surface area contributed by atoms with Crippen LogP contribution in [0.3, 0.4) is 0 Å². The molecule has 0 saturated carbocycles. The Morgan fingerprint density at radius 3 is 2.44 bits per heavy atom. The number of hydrogen-bond donors (Lipinski definition) is 2. The van der Waals surface area contributed by atoms with Gasteiger partial charge in [-0.25, -0.2) is 0 Å². The molecule has 0 amide bonds. The van der Waals surface area contributed by atoms with Gasteiger partial charge in [0.1, 0.15) is 0 Å². The van der Waals surface area contributed by atoms with Gasteiger partial charge in [0.05, 0.1) is 6.10 Å². The molecule has 2 unspecified atom stereocenters. The van der Waals surface area contributed by atoms with Crippen LogP contribution in [0.25, 0.3) is 0 Å². The smallest absolute Gasteiger partial charge is 0.0944 e. The van der Waals surface area contributed by atoms with Crippen molar-refractivity contribution in [2.45, 2.75) is 25.5 Å². The van der Waals surface area contributed by atoms with Gasteiger partial charge in [-0.2, -0.15) is 0 Å². The van der Waals surface area contributed by atoms with Crippen LogP contribution in [0.4, 0.5) is 0 Å². The molecular weight excluding hydrogens is 222 g/mol. The van der Waals surface area contributed by atoms with E-state index in [1.54, 1.807) is 0 Å². The maximum Gasteiger partial charge on any atom is 0.0944 e. The lowest BCUT2D eigenvalue weighted by Crippen LogP contribution is -2.30. The average molecular weight is 241 g/mol. The minimum Gasteiger partial charge on any atom is -0.387 e. The monoisotopic (exact) mass is 241 g/mol. The van der Waals surface area contributed by atoms with Crippen LogP contribution in [-0.4, -0.2) is 11.1 Å². The molecule has 2 nitrogen and oxygen atoms in total. The van der Waals surface area contributed by atoms with Gasteiger partial charge in [0.2, 0.25) is 0 Å². The summed E-state index contributed by atoms with van der Waals surface area (Å²) in [6, 6.07) is 17.6. The number of aryl methyl sites for hydroxylation is 1. The molecule has 0 fully saturated rings. The number of aliphatic hydroxyl groups is 1. The van der Waals surface area contributed by atoms with E-state index < -0.39 is 6.10 Å². The number of hydrogen-bond acceptors (Lipinski definition) is 2. The van der Waals surface area contributed by atoms with Crippen LogP contribution >= 0.6 is 0 Å². The van der Waals surface area contributed by atoms with Gasteiger partial charge in [-0.15, -0.1) is 0 Å². The molecule has 18 heavy (non-hydrogen) atoms. The molecule has 0 aliphatic heterocycles. The average Bonchev–Trinajstić information content (AvgIpc) is 2.39. The molecule has 0 aliphatic carbocycles. The van der Waals surface area contributed by atoms with E-state index >= 15 is 0 Å². The van der Waals surface area contributed by atoms with Crippen molar-refractivity contribution in [3.8, 4) is 0 Å². The second-order valence-electron chi connectivity index (χ2n) is 4.71. The summed E-state index contributed by atoms with van der Waals surface area (Å²) < 4.78 is 0. The minimum atomic E-state index is -0.620. The van der Waals surface area contributed by atoms with Crippen molar-refractivity contribution >= 4 is 0 Å². The largest absolute Gasteiger partial charge is 0.387 e. The van der Waals surface area contributed by atoms with Gasteiger partial charge in [-0.3, -0.25) is 0 Å². The summed E-state index contributed by atoms with van der Waals surface area (Å²) in [6.45, 7) is 2.01. The van der Waals surface area contributed by atoms with E-state index in [4.69, 9.17) is 5.73 Å². The standard InChI is InChI=1S/C16H19NO/c1-12-6-5-9-14(10-12)16(18)15(17)11-13-7-3-2-4-8-13/h2-10,15-16,18H,11,17H2,1H3. The summed E-state index contributed by atoms with van der Waals surface area (Å²) >= 11 is 0. The Labute approximate surface area is 108 Å².